The predicted octanol–water partition coefficient (Wildman–Crippen LogP) is 4.63. The molecule has 0 aliphatic heterocycles. The summed E-state index contributed by atoms with van der Waals surface area (Å²) in [6.07, 6.45) is 5.24. The summed E-state index contributed by atoms with van der Waals surface area (Å²) in [7, 11) is 0. The van der Waals surface area contributed by atoms with E-state index in [-0.39, 0.29) is 18.1 Å². The van der Waals surface area contributed by atoms with E-state index in [1.807, 2.05) is 59.3 Å². The number of aliphatic hydroxyl groups excluding tert-OH is 1. The summed E-state index contributed by atoms with van der Waals surface area (Å²) in [5.74, 6) is 2.39. The number of rotatable bonds is 9. The molecule has 38 heavy (non-hydrogen) atoms. The second-order valence-electron chi connectivity index (χ2n) is 10.6. The number of nitrogens with zero attached hydrogens (tertiary/aromatic N) is 4. The monoisotopic (exact) mass is 515 g/mol. The second kappa shape index (κ2) is 11.5. The first-order valence-electron chi connectivity index (χ1n) is 13.4. The summed E-state index contributed by atoms with van der Waals surface area (Å²) in [5.41, 5.74) is 14.9. The topological polar surface area (TPSA) is 137 Å². The van der Waals surface area contributed by atoms with E-state index < -0.39 is 6.23 Å². The number of para-hydroxylation sites is 1. The minimum Gasteiger partial charge on any atom is -0.457 e. The van der Waals surface area contributed by atoms with Crippen LogP contribution in [-0.2, 0) is 0 Å². The van der Waals surface area contributed by atoms with Crippen molar-refractivity contribution < 1.29 is 9.84 Å². The molecule has 0 bridgehead atoms. The van der Waals surface area contributed by atoms with Gasteiger partial charge in [-0.05, 0) is 74.4 Å². The molecule has 1 aliphatic carbocycles. The fraction of sp³-hybridized carbons (Fsp3) is 0.414. The molecule has 0 radical (unpaired) electrons. The molecule has 1 fully saturated rings. The Bertz CT molecular complexity index is 1330. The van der Waals surface area contributed by atoms with Crippen molar-refractivity contribution in [1.29, 1.82) is 0 Å². The largest absolute Gasteiger partial charge is 0.457 e. The average Bonchev–Trinajstić information content (AvgIpc) is 3.31. The maximum absolute atomic E-state index is 10.5. The quantitative estimate of drug-likeness (QED) is 0.237. The second-order valence-corrected chi connectivity index (χ2v) is 10.6. The number of aliphatic hydroxyl groups is 1. The molecule has 9 nitrogen and oxygen atoms in total. The van der Waals surface area contributed by atoms with E-state index in [0.29, 0.717) is 11.7 Å². The number of benzene rings is 2. The number of hydrogen-bond acceptors (Lipinski definition) is 8. The van der Waals surface area contributed by atoms with Crippen molar-refractivity contribution in [2.45, 2.75) is 70.3 Å². The lowest BCUT2D eigenvalue weighted by atomic mass is 9.90. The molecule has 2 aromatic heterocycles. The number of nitrogen functional groups attached to an aromatic ring is 1. The Morgan fingerprint density at radius 3 is 2.37 bits per heavy atom. The van der Waals surface area contributed by atoms with Crippen molar-refractivity contribution in [3.8, 4) is 22.8 Å². The standard InChI is InChI=1S/C29H37N7O2/c1-18(2)16-24(30)29(37)34-20-10-12-21(13-11-20)36-28-25(27(31)32-17-33-28)26(35-36)19-8-14-23(15-9-19)38-22-6-4-3-5-7-22/h3-9,14-15,17-18,20-21,24,29,34,37H,10-13,16,30H2,1-2H3,(H2,31,32,33)/t20?,21?,24-,29?/m0/s1. The molecule has 2 heterocycles. The molecular formula is C29H37N7O2. The Hall–Kier alpha value is -3.53. The summed E-state index contributed by atoms with van der Waals surface area (Å²) in [4.78, 5) is 8.81. The minimum absolute atomic E-state index is 0.181. The van der Waals surface area contributed by atoms with Crippen molar-refractivity contribution in [2.24, 2.45) is 11.7 Å². The Morgan fingerprint density at radius 2 is 1.68 bits per heavy atom. The minimum atomic E-state index is -0.697. The summed E-state index contributed by atoms with van der Waals surface area (Å²) in [6.45, 7) is 4.23. The van der Waals surface area contributed by atoms with E-state index in [9.17, 15) is 5.11 Å². The third-order valence-electron chi connectivity index (χ3n) is 7.22. The van der Waals surface area contributed by atoms with Crippen LogP contribution in [0.5, 0.6) is 11.5 Å². The SMILES string of the molecule is CC(C)C[C@H](N)C(O)NC1CCC(n2nc(-c3ccc(Oc4ccccc4)cc3)c3c(N)ncnc32)CC1. The van der Waals surface area contributed by atoms with Crippen LogP contribution in [0.3, 0.4) is 0 Å². The molecule has 6 N–H and O–H groups in total. The molecule has 0 saturated heterocycles. The first-order valence-corrected chi connectivity index (χ1v) is 13.4. The number of nitrogens with two attached hydrogens (primary N) is 2. The summed E-state index contributed by atoms with van der Waals surface area (Å²) < 4.78 is 7.95. The summed E-state index contributed by atoms with van der Waals surface area (Å²) >= 11 is 0. The highest BCUT2D eigenvalue weighted by molar-refractivity contribution is 5.98. The first kappa shape index (κ1) is 26.1. The Labute approximate surface area is 223 Å². The van der Waals surface area contributed by atoms with Gasteiger partial charge in [-0.1, -0.05) is 32.0 Å². The van der Waals surface area contributed by atoms with E-state index in [2.05, 4.69) is 29.1 Å². The van der Waals surface area contributed by atoms with Crippen LogP contribution in [-0.4, -0.2) is 43.2 Å². The van der Waals surface area contributed by atoms with Gasteiger partial charge < -0.3 is 21.3 Å². The van der Waals surface area contributed by atoms with Gasteiger partial charge in [0.2, 0.25) is 0 Å². The number of hydrogen-bond donors (Lipinski definition) is 4. The number of anilines is 1. The molecule has 2 atom stereocenters. The Balaban J connectivity index is 1.32. The van der Waals surface area contributed by atoms with E-state index in [4.69, 9.17) is 21.3 Å². The van der Waals surface area contributed by atoms with Gasteiger partial charge in [-0.2, -0.15) is 5.10 Å². The van der Waals surface area contributed by atoms with Gasteiger partial charge in [-0.25, -0.2) is 14.6 Å². The van der Waals surface area contributed by atoms with Crippen LogP contribution in [0.15, 0.2) is 60.9 Å². The van der Waals surface area contributed by atoms with Gasteiger partial charge in [0, 0.05) is 17.6 Å². The third-order valence-corrected chi connectivity index (χ3v) is 7.22. The zero-order valence-corrected chi connectivity index (χ0v) is 22.0. The van der Waals surface area contributed by atoms with Crippen molar-refractivity contribution >= 4 is 16.9 Å². The maximum atomic E-state index is 10.5. The molecule has 0 amide bonds. The molecule has 4 aromatic rings. The fourth-order valence-corrected chi connectivity index (χ4v) is 5.28. The van der Waals surface area contributed by atoms with Crippen LogP contribution in [0.25, 0.3) is 22.3 Å². The zero-order valence-electron chi connectivity index (χ0n) is 22.0. The predicted molar refractivity (Wildman–Crippen MR) is 150 cm³/mol. The van der Waals surface area contributed by atoms with Crippen LogP contribution in [0.2, 0.25) is 0 Å². The van der Waals surface area contributed by atoms with Crippen LogP contribution in [0.4, 0.5) is 5.82 Å². The molecule has 1 saturated carbocycles. The summed E-state index contributed by atoms with van der Waals surface area (Å²) in [5, 5.41) is 19.6. The molecule has 1 unspecified atom stereocenters. The Kier molecular flexibility index (Phi) is 7.87. The van der Waals surface area contributed by atoms with Gasteiger partial charge in [0.25, 0.3) is 0 Å². The molecule has 2 aromatic carbocycles. The normalized spacial score (nSPS) is 19.5. The molecule has 200 valence electrons. The van der Waals surface area contributed by atoms with Crippen LogP contribution >= 0.6 is 0 Å². The van der Waals surface area contributed by atoms with Gasteiger partial charge in [-0.3, -0.25) is 5.32 Å². The molecule has 0 spiro atoms. The number of aromatic nitrogens is 4. The van der Waals surface area contributed by atoms with E-state index in [1.54, 1.807) is 0 Å². The van der Waals surface area contributed by atoms with Crippen molar-refractivity contribution in [3.63, 3.8) is 0 Å². The van der Waals surface area contributed by atoms with Crippen LogP contribution < -0.4 is 21.5 Å². The van der Waals surface area contributed by atoms with Crippen LogP contribution in [0, 0.1) is 5.92 Å². The highest BCUT2D eigenvalue weighted by atomic mass is 16.5. The van der Waals surface area contributed by atoms with Gasteiger partial charge in [0.05, 0.1) is 11.4 Å². The van der Waals surface area contributed by atoms with Crippen molar-refractivity contribution in [3.05, 3.63) is 60.9 Å². The molecule has 5 rings (SSSR count). The van der Waals surface area contributed by atoms with E-state index in [0.717, 1.165) is 65.9 Å². The number of ether oxygens (including phenoxy) is 1. The maximum Gasteiger partial charge on any atom is 0.164 e. The fourth-order valence-electron chi connectivity index (χ4n) is 5.28. The third kappa shape index (κ3) is 5.80. The average molecular weight is 516 g/mol. The van der Waals surface area contributed by atoms with Crippen molar-refractivity contribution in [1.82, 2.24) is 25.1 Å². The lowest BCUT2D eigenvalue weighted by Gasteiger charge is -2.32. The molecule has 1 aliphatic rings. The molecule has 9 heteroatoms. The smallest absolute Gasteiger partial charge is 0.164 e. The lowest BCUT2D eigenvalue weighted by Crippen LogP contribution is -2.50. The highest BCUT2D eigenvalue weighted by Crippen LogP contribution is 2.36. The van der Waals surface area contributed by atoms with Crippen molar-refractivity contribution in [2.75, 3.05) is 5.73 Å². The van der Waals surface area contributed by atoms with Gasteiger partial charge in [-0.15, -0.1) is 0 Å². The lowest BCUT2D eigenvalue weighted by molar-refractivity contribution is 0.0772. The van der Waals surface area contributed by atoms with Crippen LogP contribution in [0.1, 0.15) is 52.0 Å². The van der Waals surface area contributed by atoms with E-state index in [1.165, 1.54) is 6.33 Å². The highest BCUT2D eigenvalue weighted by Gasteiger charge is 2.29. The van der Waals surface area contributed by atoms with E-state index >= 15 is 0 Å². The molecular weight excluding hydrogens is 478 g/mol. The number of nitrogens with one attached hydrogen (secondary N) is 1. The van der Waals surface area contributed by atoms with Gasteiger partial charge >= 0.3 is 0 Å². The van der Waals surface area contributed by atoms with Gasteiger partial charge in [0.15, 0.2) is 5.65 Å². The van der Waals surface area contributed by atoms with Gasteiger partial charge in [0.1, 0.15) is 35.6 Å². The first-order chi connectivity index (χ1) is 18.4. The summed E-state index contributed by atoms with van der Waals surface area (Å²) in [6, 6.07) is 17.7. The zero-order chi connectivity index (χ0) is 26.6. The number of fused-ring (bicyclic) bond motifs is 1. The Morgan fingerprint density at radius 1 is 1.00 bits per heavy atom.